The van der Waals surface area contributed by atoms with Crippen molar-refractivity contribution >= 4 is 17.2 Å². The molecule has 2 rings (SSSR count). The molecule has 1 amide bonds. The fourth-order valence-corrected chi connectivity index (χ4v) is 3.13. The first-order valence-electron chi connectivity index (χ1n) is 6.23. The molecule has 1 atom stereocenters. The van der Waals surface area contributed by atoms with Gasteiger partial charge in [0.1, 0.15) is 0 Å². The molecule has 1 unspecified atom stereocenters. The normalized spacial score (nSPS) is 20.9. The largest absolute Gasteiger partial charge is 0.338 e. The summed E-state index contributed by atoms with van der Waals surface area (Å²) in [6.45, 7) is 4.14. The van der Waals surface area contributed by atoms with Gasteiger partial charge in [-0.3, -0.25) is 4.79 Å². The van der Waals surface area contributed by atoms with E-state index in [1.165, 1.54) is 4.88 Å². The van der Waals surface area contributed by atoms with E-state index >= 15 is 0 Å². The third kappa shape index (κ3) is 3.07. The van der Waals surface area contributed by atoms with Crippen molar-refractivity contribution in [2.75, 3.05) is 20.1 Å². The Morgan fingerprint density at radius 1 is 1.41 bits per heavy atom. The predicted molar refractivity (Wildman–Crippen MR) is 71.7 cm³/mol. The van der Waals surface area contributed by atoms with Crippen LogP contribution in [0.3, 0.4) is 0 Å². The number of hydrogen-bond donors (Lipinski definition) is 1. The molecule has 0 aromatic carbocycles. The van der Waals surface area contributed by atoms with E-state index in [2.05, 4.69) is 5.32 Å². The van der Waals surface area contributed by atoms with Crippen LogP contribution in [0.1, 0.15) is 33.8 Å². The van der Waals surface area contributed by atoms with Crippen molar-refractivity contribution in [3.05, 3.63) is 21.9 Å². The molecular weight excluding hydrogens is 232 g/mol. The lowest BCUT2D eigenvalue weighted by Gasteiger charge is -2.26. The summed E-state index contributed by atoms with van der Waals surface area (Å²) in [5.74, 6) is 0.176. The average Bonchev–Trinajstić information content (AvgIpc) is 2.60. The first kappa shape index (κ1) is 12.6. The number of carbonyl (C=O) groups is 1. The summed E-state index contributed by atoms with van der Waals surface area (Å²) in [4.78, 5) is 16.3. The summed E-state index contributed by atoms with van der Waals surface area (Å²) in [7, 11) is 1.94. The molecule has 0 bridgehead atoms. The van der Waals surface area contributed by atoms with E-state index in [4.69, 9.17) is 0 Å². The molecular formula is C13H20N2OS. The van der Waals surface area contributed by atoms with Gasteiger partial charge in [-0.25, -0.2) is 0 Å². The Balaban J connectivity index is 2.03. The second-order valence-electron chi connectivity index (χ2n) is 4.66. The molecule has 2 heterocycles. The fraction of sp³-hybridized carbons (Fsp3) is 0.615. The quantitative estimate of drug-likeness (QED) is 0.875. The molecule has 1 aromatic heterocycles. The van der Waals surface area contributed by atoms with Gasteiger partial charge in [0.15, 0.2) is 0 Å². The van der Waals surface area contributed by atoms with Gasteiger partial charge in [-0.2, -0.15) is 0 Å². The van der Waals surface area contributed by atoms with E-state index in [1.807, 2.05) is 31.0 Å². The molecule has 4 heteroatoms. The molecule has 0 spiro atoms. The number of thiophene rings is 1. The Labute approximate surface area is 107 Å². The van der Waals surface area contributed by atoms with Crippen LogP contribution in [0.15, 0.2) is 12.1 Å². The molecule has 0 radical (unpaired) electrons. The van der Waals surface area contributed by atoms with E-state index < -0.39 is 0 Å². The predicted octanol–water partition coefficient (Wildman–Crippen LogP) is 2.27. The van der Waals surface area contributed by atoms with Crippen molar-refractivity contribution < 1.29 is 4.79 Å². The molecule has 0 saturated carbocycles. The van der Waals surface area contributed by atoms with Crippen LogP contribution in [0, 0.1) is 6.92 Å². The van der Waals surface area contributed by atoms with Crippen LogP contribution in [0.25, 0.3) is 0 Å². The minimum Gasteiger partial charge on any atom is -0.338 e. The summed E-state index contributed by atoms with van der Waals surface area (Å²) in [5, 5.41) is 3.38. The van der Waals surface area contributed by atoms with Crippen molar-refractivity contribution in [2.45, 2.75) is 32.2 Å². The highest BCUT2D eigenvalue weighted by molar-refractivity contribution is 7.13. The van der Waals surface area contributed by atoms with E-state index in [1.54, 1.807) is 11.3 Å². The van der Waals surface area contributed by atoms with E-state index in [-0.39, 0.29) is 5.91 Å². The second kappa shape index (κ2) is 5.65. The van der Waals surface area contributed by atoms with Crippen molar-refractivity contribution in [3.8, 4) is 0 Å². The molecule has 94 valence electrons. The van der Waals surface area contributed by atoms with Crippen LogP contribution in [0.2, 0.25) is 0 Å². The van der Waals surface area contributed by atoms with Crippen molar-refractivity contribution in [2.24, 2.45) is 0 Å². The Kier molecular flexibility index (Phi) is 4.18. The van der Waals surface area contributed by atoms with Crippen molar-refractivity contribution in [1.29, 1.82) is 0 Å². The zero-order chi connectivity index (χ0) is 12.3. The maximum Gasteiger partial charge on any atom is 0.263 e. The highest BCUT2D eigenvalue weighted by atomic mass is 32.1. The topological polar surface area (TPSA) is 32.3 Å². The molecule has 1 aliphatic heterocycles. The van der Waals surface area contributed by atoms with Gasteiger partial charge in [-0.15, -0.1) is 11.3 Å². The summed E-state index contributed by atoms with van der Waals surface area (Å²) >= 11 is 1.59. The fourth-order valence-electron chi connectivity index (χ4n) is 2.28. The van der Waals surface area contributed by atoms with Crippen LogP contribution in [-0.2, 0) is 0 Å². The smallest absolute Gasteiger partial charge is 0.263 e. The van der Waals surface area contributed by atoms with Gasteiger partial charge in [-0.1, -0.05) is 0 Å². The number of rotatable bonds is 2. The Morgan fingerprint density at radius 3 is 2.94 bits per heavy atom. The molecule has 1 saturated heterocycles. The Hall–Kier alpha value is -0.870. The number of amides is 1. The molecule has 3 nitrogen and oxygen atoms in total. The third-order valence-electron chi connectivity index (χ3n) is 3.36. The Morgan fingerprint density at radius 2 is 2.24 bits per heavy atom. The maximum atomic E-state index is 12.3. The highest BCUT2D eigenvalue weighted by Gasteiger charge is 2.22. The minimum atomic E-state index is 0.176. The lowest BCUT2D eigenvalue weighted by atomic mass is 10.1. The molecule has 1 aromatic rings. The van der Waals surface area contributed by atoms with Gasteiger partial charge in [0.2, 0.25) is 0 Å². The maximum absolute atomic E-state index is 12.3. The first-order valence-corrected chi connectivity index (χ1v) is 7.04. The summed E-state index contributed by atoms with van der Waals surface area (Å²) in [6.07, 6.45) is 3.33. The average molecular weight is 252 g/mol. The van der Waals surface area contributed by atoms with E-state index in [0.29, 0.717) is 6.04 Å². The zero-order valence-corrected chi connectivity index (χ0v) is 11.3. The lowest BCUT2D eigenvalue weighted by molar-refractivity contribution is 0.0725. The van der Waals surface area contributed by atoms with Crippen LogP contribution in [0.5, 0.6) is 0 Å². The molecule has 1 fully saturated rings. The van der Waals surface area contributed by atoms with Gasteiger partial charge in [0.05, 0.1) is 4.88 Å². The van der Waals surface area contributed by atoms with Gasteiger partial charge in [0.25, 0.3) is 5.91 Å². The number of carbonyl (C=O) groups excluding carboxylic acids is 1. The summed E-state index contributed by atoms with van der Waals surface area (Å²) in [5.41, 5.74) is 0. The van der Waals surface area contributed by atoms with E-state index in [0.717, 1.165) is 37.2 Å². The van der Waals surface area contributed by atoms with Crippen LogP contribution in [0.4, 0.5) is 0 Å². The van der Waals surface area contributed by atoms with Gasteiger partial charge >= 0.3 is 0 Å². The van der Waals surface area contributed by atoms with Crippen molar-refractivity contribution in [1.82, 2.24) is 10.2 Å². The monoisotopic (exact) mass is 252 g/mol. The molecule has 1 N–H and O–H groups in total. The third-order valence-corrected chi connectivity index (χ3v) is 4.35. The number of aryl methyl sites for hydroxylation is 1. The number of hydrogen-bond acceptors (Lipinski definition) is 3. The SMILES string of the molecule is Cc1ccc(C(=O)N(C)C2CCCNCC2)s1. The second-order valence-corrected chi connectivity index (χ2v) is 5.95. The van der Waals surface area contributed by atoms with Crippen LogP contribution in [-0.4, -0.2) is 37.0 Å². The number of nitrogens with zero attached hydrogens (tertiary/aromatic N) is 1. The minimum absolute atomic E-state index is 0.176. The molecule has 0 aliphatic carbocycles. The van der Waals surface area contributed by atoms with Gasteiger partial charge < -0.3 is 10.2 Å². The molecule has 17 heavy (non-hydrogen) atoms. The number of nitrogens with one attached hydrogen (secondary N) is 1. The van der Waals surface area contributed by atoms with Gasteiger partial charge in [0, 0.05) is 18.0 Å². The van der Waals surface area contributed by atoms with Crippen molar-refractivity contribution in [3.63, 3.8) is 0 Å². The Bertz CT molecular complexity index is 381. The molecule has 1 aliphatic rings. The first-order chi connectivity index (χ1) is 8.18. The van der Waals surface area contributed by atoms with Crippen LogP contribution < -0.4 is 5.32 Å². The summed E-state index contributed by atoms with van der Waals surface area (Å²) < 4.78 is 0. The summed E-state index contributed by atoms with van der Waals surface area (Å²) in [6, 6.07) is 4.34. The van der Waals surface area contributed by atoms with Crippen LogP contribution >= 0.6 is 11.3 Å². The lowest BCUT2D eigenvalue weighted by Crippen LogP contribution is -2.37. The highest BCUT2D eigenvalue weighted by Crippen LogP contribution is 2.20. The van der Waals surface area contributed by atoms with E-state index in [9.17, 15) is 4.79 Å². The standard InChI is InChI=1S/C13H20N2OS/c1-10-5-6-12(17-10)13(16)15(2)11-4-3-8-14-9-7-11/h5-6,11,14H,3-4,7-9H2,1-2H3. The zero-order valence-electron chi connectivity index (χ0n) is 10.5. The van der Waals surface area contributed by atoms with Gasteiger partial charge in [-0.05, 0) is 51.4 Å².